The van der Waals surface area contributed by atoms with Gasteiger partial charge in [0.15, 0.2) is 12.5 Å². The number of fused-ring (bicyclic) bond motifs is 1. The van der Waals surface area contributed by atoms with Crippen LogP contribution in [0.2, 0.25) is 0 Å². The average Bonchev–Trinajstić information content (AvgIpc) is 2.74. The Kier molecular flexibility index (Phi) is 3.76. The molecule has 0 radical (unpaired) electrons. The molecular formula is C12H18FN5S. The van der Waals surface area contributed by atoms with Crippen molar-refractivity contribution in [1.29, 1.82) is 5.26 Å². The summed E-state index contributed by atoms with van der Waals surface area (Å²) in [6, 6.07) is 0. The van der Waals surface area contributed by atoms with E-state index in [0.717, 1.165) is 9.88 Å². The molecule has 104 valence electrons. The summed E-state index contributed by atoms with van der Waals surface area (Å²) in [5, 5.41) is 11.8. The van der Waals surface area contributed by atoms with Gasteiger partial charge < -0.3 is 0 Å². The third-order valence-electron chi connectivity index (χ3n) is 3.05. The van der Waals surface area contributed by atoms with Crippen LogP contribution in [0, 0.1) is 11.5 Å². The molecule has 5 nitrogen and oxygen atoms in total. The van der Waals surface area contributed by atoms with Crippen molar-refractivity contribution in [2.45, 2.75) is 45.2 Å². The summed E-state index contributed by atoms with van der Waals surface area (Å²) in [5.74, 6) is 0. The van der Waals surface area contributed by atoms with Gasteiger partial charge in [-0.15, -0.1) is 11.3 Å². The molecule has 1 aliphatic heterocycles. The Bertz CT molecular complexity index is 501. The molecule has 2 heterocycles. The van der Waals surface area contributed by atoms with Crippen molar-refractivity contribution in [1.82, 2.24) is 15.2 Å². The molecule has 1 aliphatic rings. The number of nitrogens with two attached hydrogens (primary N) is 1. The summed E-state index contributed by atoms with van der Waals surface area (Å²) in [4.78, 5) is 6.83. The number of aromatic nitrogens is 1. The molecule has 19 heavy (non-hydrogen) atoms. The molecule has 0 aliphatic carbocycles. The molecule has 0 saturated heterocycles. The maximum absolute atomic E-state index is 14.5. The molecule has 0 bridgehead atoms. The topological polar surface area (TPSA) is 78.0 Å². The van der Waals surface area contributed by atoms with Crippen molar-refractivity contribution < 1.29 is 4.39 Å². The van der Waals surface area contributed by atoms with E-state index in [1.807, 2.05) is 0 Å². The minimum atomic E-state index is -1.35. The van der Waals surface area contributed by atoms with E-state index < -0.39 is 12.6 Å². The largest absolute Gasteiger partial charge is 0.298 e. The smallest absolute Gasteiger partial charge is 0.200 e. The van der Waals surface area contributed by atoms with Crippen LogP contribution in [0.15, 0.2) is 0 Å². The predicted molar refractivity (Wildman–Crippen MR) is 71.8 cm³/mol. The Morgan fingerprint density at radius 3 is 2.89 bits per heavy atom. The Morgan fingerprint density at radius 2 is 2.32 bits per heavy atom. The van der Waals surface area contributed by atoms with Gasteiger partial charge in [-0.1, -0.05) is 20.8 Å². The van der Waals surface area contributed by atoms with Gasteiger partial charge in [0.2, 0.25) is 0 Å². The standard InChI is InChI=1S/C12H18FN5S/c1-12(2,3)10-17-8-7(19-10)4-5-18(9(8)13)11(15)16-6-14/h9,11,16H,4-5,15H2,1-3H3. The highest BCUT2D eigenvalue weighted by molar-refractivity contribution is 7.11. The third-order valence-corrected chi connectivity index (χ3v) is 4.61. The van der Waals surface area contributed by atoms with Gasteiger partial charge in [-0.05, 0) is 6.42 Å². The molecule has 0 fully saturated rings. The Balaban J connectivity index is 2.26. The lowest BCUT2D eigenvalue weighted by Crippen LogP contribution is -2.53. The zero-order chi connectivity index (χ0) is 14.2. The zero-order valence-electron chi connectivity index (χ0n) is 11.3. The maximum atomic E-state index is 14.5. The first-order chi connectivity index (χ1) is 8.84. The number of hydrogen-bond acceptors (Lipinski definition) is 6. The predicted octanol–water partition coefficient (Wildman–Crippen LogP) is 1.58. The molecule has 0 saturated carbocycles. The van der Waals surface area contributed by atoms with Crippen molar-refractivity contribution >= 4 is 11.3 Å². The van der Waals surface area contributed by atoms with Gasteiger partial charge in [0.1, 0.15) is 12.0 Å². The summed E-state index contributed by atoms with van der Waals surface area (Å²) >= 11 is 1.57. The first kappa shape index (κ1) is 14.2. The number of hydrogen-bond donors (Lipinski definition) is 2. The highest BCUT2D eigenvalue weighted by Crippen LogP contribution is 2.37. The zero-order valence-corrected chi connectivity index (χ0v) is 12.1. The van der Waals surface area contributed by atoms with E-state index in [9.17, 15) is 4.39 Å². The van der Waals surface area contributed by atoms with Crippen molar-refractivity contribution in [2.24, 2.45) is 5.73 Å². The van der Waals surface area contributed by atoms with E-state index in [-0.39, 0.29) is 5.41 Å². The van der Waals surface area contributed by atoms with Crippen LogP contribution in [0.4, 0.5) is 4.39 Å². The minimum Gasteiger partial charge on any atom is -0.298 e. The molecule has 0 aromatic carbocycles. The molecule has 2 atom stereocenters. The van der Waals surface area contributed by atoms with Crippen molar-refractivity contribution in [3.63, 3.8) is 0 Å². The van der Waals surface area contributed by atoms with Crippen molar-refractivity contribution in [3.8, 4) is 6.19 Å². The second kappa shape index (κ2) is 5.04. The van der Waals surface area contributed by atoms with Crippen LogP contribution in [0.5, 0.6) is 0 Å². The lowest BCUT2D eigenvalue weighted by Gasteiger charge is -2.33. The normalized spacial score (nSPS) is 21.6. The van der Waals surface area contributed by atoms with Gasteiger partial charge in [0, 0.05) is 16.8 Å². The number of halogens is 1. The fourth-order valence-corrected chi connectivity index (χ4v) is 3.10. The summed E-state index contributed by atoms with van der Waals surface area (Å²) in [6.45, 7) is 6.66. The van der Waals surface area contributed by atoms with E-state index in [1.54, 1.807) is 17.5 Å². The molecular weight excluding hydrogens is 265 g/mol. The number of nitrogens with zero attached hydrogens (tertiary/aromatic N) is 3. The van der Waals surface area contributed by atoms with Crippen LogP contribution in [-0.4, -0.2) is 22.7 Å². The van der Waals surface area contributed by atoms with Gasteiger partial charge in [-0.3, -0.25) is 11.1 Å². The maximum Gasteiger partial charge on any atom is 0.200 e. The third kappa shape index (κ3) is 2.71. The number of thiazole rings is 1. The number of rotatable bonds is 2. The van der Waals surface area contributed by atoms with Crippen molar-refractivity contribution in [3.05, 3.63) is 15.6 Å². The second-order valence-corrected chi connectivity index (χ2v) is 6.69. The number of nitriles is 1. The summed E-state index contributed by atoms with van der Waals surface area (Å²) in [5.41, 5.74) is 6.10. The summed E-state index contributed by atoms with van der Waals surface area (Å²) < 4.78 is 14.5. The van der Waals surface area contributed by atoms with Crippen LogP contribution in [0.1, 0.15) is 42.6 Å². The van der Waals surface area contributed by atoms with E-state index in [1.165, 1.54) is 4.90 Å². The van der Waals surface area contributed by atoms with Crippen LogP contribution in [0.3, 0.4) is 0 Å². The average molecular weight is 283 g/mol. The molecule has 2 rings (SSSR count). The monoisotopic (exact) mass is 283 g/mol. The lowest BCUT2D eigenvalue weighted by atomic mass is 9.98. The molecule has 1 aromatic rings. The van der Waals surface area contributed by atoms with E-state index in [2.05, 4.69) is 31.1 Å². The van der Waals surface area contributed by atoms with E-state index >= 15 is 0 Å². The van der Waals surface area contributed by atoms with Gasteiger partial charge in [-0.25, -0.2) is 14.3 Å². The Morgan fingerprint density at radius 1 is 1.63 bits per heavy atom. The molecule has 0 amide bonds. The minimum absolute atomic E-state index is 0.0838. The fourth-order valence-electron chi connectivity index (χ4n) is 1.98. The number of nitrogens with one attached hydrogen (secondary N) is 1. The van der Waals surface area contributed by atoms with Crippen LogP contribution in [-0.2, 0) is 11.8 Å². The summed E-state index contributed by atoms with van der Waals surface area (Å²) in [6.07, 6.45) is 0.283. The van der Waals surface area contributed by atoms with Gasteiger partial charge in [0.05, 0.1) is 5.01 Å². The van der Waals surface area contributed by atoms with Crippen LogP contribution in [0.25, 0.3) is 0 Å². The van der Waals surface area contributed by atoms with Gasteiger partial charge in [-0.2, -0.15) is 5.26 Å². The highest BCUT2D eigenvalue weighted by Gasteiger charge is 2.35. The van der Waals surface area contributed by atoms with E-state index in [4.69, 9.17) is 11.0 Å². The molecule has 7 heteroatoms. The molecule has 1 aromatic heterocycles. The van der Waals surface area contributed by atoms with E-state index in [0.29, 0.717) is 18.7 Å². The first-order valence-corrected chi connectivity index (χ1v) is 6.96. The lowest BCUT2D eigenvalue weighted by molar-refractivity contribution is 0.0236. The van der Waals surface area contributed by atoms with Crippen molar-refractivity contribution in [2.75, 3.05) is 6.54 Å². The van der Waals surface area contributed by atoms with Crippen LogP contribution >= 0.6 is 11.3 Å². The quantitative estimate of drug-likeness (QED) is 0.373. The Labute approximate surface area is 116 Å². The SMILES string of the molecule is CC(C)(C)c1nc2c(s1)CCN(C(N)NC#N)C2F. The molecule has 3 N–H and O–H groups in total. The van der Waals surface area contributed by atoms with Crippen LogP contribution < -0.4 is 11.1 Å². The first-order valence-electron chi connectivity index (χ1n) is 6.14. The summed E-state index contributed by atoms with van der Waals surface area (Å²) in [7, 11) is 0. The number of alkyl halides is 1. The second-order valence-electron chi connectivity index (χ2n) is 5.60. The fraction of sp³-hybridized carbons (Fsp3) is 0.667. The van der Waals surface area contributed by atoms with Gasteiger partial charge in [0.25, 0.3) is 0 Å². The van der Waals surface area contributed by atoms with Gasteiger partial charge >= 0.3 is 0 Å². The molecule has 0 spiro atoms. The Hall–Kier alpha value is -1.23. The molecule has 2 unspecified atom stereocenters. The highest BCUT2D eigenvalue weighted by atomic mass is 32.1.